The molecule has 0 radical (unpaired) electrons. The summed E-state index contributed by atoms with van der Waals surface area (Å²) in [4.78, 5) is 14.8. The molecule has 4 nitrogen and oxygen atoms in total. The number of esters is 1. The molecule has 0 aliphatic rings. The minimum Gasteiger partial charge on any atom is -0.464 e. The van der Waals surface area contributed by atoms with Crippen LogP contribution in [0.2, 0.25) is 5.02 Å². The van der Waals surface area contributed by atoms with Crippen LogP contribution < -0.4 is 5.73 Å². The zero-order valence-corrected chi connectivity index (χ0v) is 8.64. The van der Waals surface area contributed by atoms with Crippen molar-refractivity contribution in [3.05, 3.63) is 29.1 Å². The summed E-state index contributed by atoms with van der Waals surface area (Å²) in [5.74, 6) is -1.58. The average Bonchev–Trinajstić information content (AvgIpc) is 2.20. The predicted molar refractivity (Wildman–Crippen MR) is 55.1 cm³/mol. The highest BCUT2D eigenvalue weighted by Gasteiger charge is 2.17. The van der Waals surface area contributed by atoms with Crippen LogP contribution in [-0.2, 0) is 4.74 Å². The SMILES string of the molecule is C=C(F)c1cc(N)c(Cl)c(C(=O)OC)n1. The molecule has 0 fully saturated rings. The van der Waals surface area contributed by atoms with Gasteiger partial charge in [-0.2, -0.15) is 0 Å². The number of carbonyl (C=O) groups excluding carboxylic acids is 1. The Hall–Kier alpha value is -1.62. The van der Waals surface area contributed by atoms with Crippen LogP contribution in [0.25, 0.3) is 5.83 Å². The Morgan fingerprint density at radius 2 is 2.33 bits per heavy atom. The lowest BCUT2D eigenvalue weighted by molar-refractivity contribution is 0.0594. The molecule has 0 bridgehead atoms. The number of halogens is 2. The summed E-state index contributed by atoms with van der Waals surface area (Å²) >= 11 is 5.70. The van der Waals surface area contributed by atoms with E-state index in [-0.39, 0.29) is 22.1 Å². The van der Waals surface area contributed by atoms with E-state index in [0.717, 1.165) is 7.11 Å². The Bertz CT molecular complexity index is 434. The summed E-state index contributed by atoms with van der Waals surface area (Å²) in [5, 5.41) is -0.0631. The van der Waals surface area contributed by atoms with Crippen molar-refractivity contribution in [2.75, 3.05) is 12.8 Å². The fourth-order valence-electron chi connectivity index (χ4n) is 0.920. The Labute approximate surface area is 90.5 Å². The topological polar surface area (TPSA) is 65.2 Å². The molecule has 1 aromatic heterocycles. The summed E-state index contributed by atoms with van der Waals surface area (Å²) in [6.45, 7) is 3.04. The van der Waals surface area contributed by atoms with Crippen LogP contribution in [0.5, 0.6) is 0 Å². The van der Waals surface area contributed by atoms with Crippen LogP contribution >= 0.6 is 11.6 Å². The first kappa shape index (κ1) is 11.5. The number of nitrogen functional groups attached to an aromatic ring is 1. The van der Waals surface area contributed by atoms with Crippen molar-refractivity contribution in [3.8, 4) is 0 Å². The van der Waals surface area contributed by atoms with Gasteiger partial charge in [-0.1, -0.05) is 18.2 Å². The second kappa shape index (κ2) is 4.27. The molecule has 0 aliphatic carbocycles. The van der Waals surface area contributed by atoms with E-state index in [4.69, 9.17) is 17.3 Å². The molecule has 0 aliphatic heterocycles. The first-order valence-electron chi connectivity index (χ1n) is 3.86. The zero-order chi connectivity index (χ0) is 11.6. The van der Waals surface area contributed by atoms with Gasteiger partial charge in [-0.05, 0) is 6.07 Å². The fraction of sp³-hybridized carbons (Fsp3) is 0.111. The number of ether oxygens (including phenoxy) is 1. The molecule has 0 saturated carbocycles. The van der Waals surface area contributed by atoms with E-state index < -0.39 is 11.8 Å². The van der Waals surface area contributed by atoms with Gasteiger partial charge in [0.25, 0.3) is 0 Å². The molecule has 0 atom stereocenters. The highest BCUT2D eigenvalue weighted by atomic mass is 35.5. The van der Waals surface area contributed by atoms with Gasteiger partial charge < -0.3 is 10.5 Å². The molecular formula is C9H8ClFN2O2. The Morgan fingerprint density at radius 3 is 2.80 bits per heavy atom. The maximum Gasteiger partial charge on any atom is 0.358 e. The summed E-state index contributed by atoms with van der Waals surface area (Å²) in [7, 11) is 1.16. The molecular weight excluding hydrogens is 223 g/mol. The van der Waals surface area contributed by atoms with E-state index in [1.54, 1.807) is 0 Å². The van der Waals surface area contributed by atoms with Crippen LogP contribution in [-0.4, -0.2) is 18.1 Å². The molecule has 15 heavy (non-hydrogen) atoms. The van der Waals surface area contributed by atoms with Crippen LogP contribution in [0.15, 0.2) is 12.6 Å². The smallest absolute Gasteiger partial charge is 0.358 e. The first-order valence-corrected chi connectivity index (χ1v) is 4.24. The number of nitrogens with two attached hydrogens (primary N) is 1. The molecule has 2 N–H and O–H groups in total. The number of aromatic nitrogens is 1. The Balaban J connectivity index is 3.37. The van der Waals surface area contributed by atoms with Crippen molar-refractivity contribution in [2.24, 2.45) is 0 Å². The highest BCUT2D eigenvalue weighted by Crippen LogP contribution is 2.26. The van der Waals surface area contributed by atoms with Crippen molar-refractivity contribution < 1.29 is 13.9 Å². The number of hydrogen-bond acceptors (Lipinski definition) is 4. The molecule has 0 saturated heterocycles. The van der Waals surface area contributed by atoms with Crippen molar-refractivity contribution in [1.29, 1.82) is 0 Å². The number of hydrogen-bond donors (Lipinski definition) is 1. The largest absolute Gasteiger partial charge is 0.464 e. The summed E-state index contributed by atoms with van der Waals surface area (Å²) in [6, 6.07) is 1.19. The quantitative estimate of drug-likeness (QED) is 0.790. The van der Waals surface area contributed by atoms with Crippen LogP contribution in [0.1, 0.15) is 16.2 Å². The molecule has 0 aromatic carbocycles. The molecule has 1 aromatic rings. The maximum atomic E-state index is 12.8. The molecule has 80 valence electrons. The first-order chi connectivity index (χ1) is 6.97. The van der Waals surface area contributed by atoms with Gasteiger partial charge in [-0.15, -0.1) is 0 Å². The van der Waals surface area contributed by atoms with Gasteiger partial charge in [0.15, 0.2) is 5.69 Å². The molecule has 0 spiro atoms. The van der Waals surface area contributed by atoms with Gasteiger partial charge in [-0.25, -0.2) is 14.2 Å². The van der Waals surface area contributed by atoms with E-state index in [1.165, 1.54) is 6.07 Å². The fourth-order valence-corrected chi connectivity index (χ4v) is 1.09. The molecule has 1 rings (SSSR count). The van der Waals surface area contributed by atoms with Gasteiger partial charge >= 0.3 is 5.97 Å². The number of nitrogens with zero attached hydrogens (tertiary/aromatic N) is 1. The van der Waals surface area contributed by atoms with Crippen molar-refractivity contribution in [2.45, 2.75) is 0 Å². The Kier molecular flexibility index (Phi) is 3.26. The third kappa shape index (κ3) is 2.24. The van der Waals surface area contributed by atoms with Crippen molar-refractivity contribution >= 4 is 29.1 Å². The number of pyridine rings is 1. The summed E-state index contributed by atoms with van der Waals surface area (Å²) < 4.78 is 17.2. The normalized spacial score (nSPS) is 9.80. The van der Waals surface area contributed by atoms with Crippen LogP contribution in [0.3, 0.4) is 0 Å². The second-order valence-electron chi connectivity index (χ2n) is 2.66. The van der Waals surface area contributed by atoms with Crippen LogP contribution in [0, 0.1) is 0 Å². The lowest BCUT2D eigenvalue weighted by atomic mass is 10.2. The van der Waals surface area contributed by atoms with E-state index in [2.05, 4.69) is 16.3 Å². The molecule has 1 heterocycles. The van der Waals surface area contributed by atoms with Gasteiger partial charge in [0, 0.05) is 0 Å². The molecule has 0 unspecified atom stereocenters. The van der Waals surface area contributed by atoms with Gasteiger partial charge in [0.05, 0.1) is 17.8 Å². The minimum atomic E-state index is -0.802. The van der Waals surface area contributed by atoms with Gasteiger partial charge in [0.2, 0.25) is 0 Å². The number of carbonyl (C=O) groups is 1. The lowest BCUT2D eigenvalue weighted by Gasteiger charge is -2.06. The maximum absolute atomic E-state index is 12.8. The van der Waals surface area contributed by atoms with Crippen molar-refractivity contribution in [1.82, 2.24) is 4.98 Å². The molecule has 0 amide bonds. The highest BCUT2D eigenvalue weighted by molar-refractivity contribution is 6.35. The third-order valence-corrected chi connectivity index (χ3v) is 2.04. The standard InChI is InChI=1S/C9H8ClFN2O2/c1-4(11)6-3-5(12)7(10)8(13-6)9(14)15-2/h3H,1H2,2H3,(H2,12,13). The van der Waals surface area contributed by atoms with E-state index >= 15 is 0 Å². The molecule has 6 heteroatoms. The van der Waals surface area contributed by atoms with E-state index in [1.807, 2.05) is 0 Å². The lowest BCUT2D eigenvalue weighted by Crippen LogP contribution is -2.08. The van der Waals surface area contributed by atoms with Crippen molar-refractivity contribution in [3.63, 3.8) is 0 Å². The average molecular weight is 231 g/mol. The number of anilines is 1. The predicted octanol–water partition coefficient (Wildman–Crippen LogP) is 2.04. The van der Waals surface area contributed by atoms with E-state index in [9.17, 15) is 9.18 Å². The monoisotopic (exact) mass is 230 g/mol. The Morgan fingerprint density at radius 1 is 1.73 bits per heavy atom. The second-order valence-corrected chi connectivity index (χ2v) is 3.03. The summed E-state index contributed by atoms with van der Waals surface area (Å²) in [6.07, 6.45) is 0. The number of rotatable bonds is 2. The zero-order valence-electron chi connectivity index (χ0n) is 7.88. The summed E-state index contributed by atoms with van der Waals surface area (Å²) in [5.41, 5.74) is 5.14. The van der Waals surface area contributed by atoms with Gasteiger partial charge in [-0.3, -0.25) is 0 Å². The van der Waals surface area contributed by atoms with Gasteiger partial charge in [0.1, 0.15) is 11.5 Å². The van der Waals surface area contributed by atoms with Crippen LogP contribution in [0.4, 0.5) is 10.1 Å². The van der Waals surface area contributed by atoms with E-state index in [0.29, 0.717) is 0 Å². The third-order valence-electron chi connectivity index (χ3n) is 1.64. The number of methoxy groups -OCH3 is 1. The minimum absolute atomic E-state index is 0.0425.